The topological polar surface area (TPSA) is 75.6 Å². The van der Waals surface area contributed by atoms with E-state index in [1.165, 1.54) is 13.2 Å². The summed E-state index contributed by atoms with van der Waals surface area (Å²) in [4.78, 5) is 21.8. The summed E-state index contributed by atoms with van der Waals surface area (Å²) in [7, 11) is 1.50. The zero-order valence-corrected chi connectivity index (χ0v) is 10.3. The molecule has 96 valence electrons. The number of carbonyl (C=O) groups excluding carboxylic acids is 1. The van der Waals surface area contributed by atoms with Gasteiger partial charge >= 0.3 is 5.97 Å². The Bertz CT molecular complexity index is 480. The van der Waals surface area contributed by atoms with Crippen LogP contribution >= 0.6 is 0 Å². The summed E-state index contributed by atoms with van der Waals surface area (Å²) < 4.78 is 5.12. The predicted molar refractivity (Wildman–Crippen MR) is 68.6 cm³/mol. The van der Waals surface area contributed by atoms with Gasteiger partial charge in [-0.05, 0) is 23.8 Å². The second-order valence-corrected chi connectivity index (χ2v) is 3.53. The third-order valence-electron chi connectivity index (χ3n) is 2.24. The van der Waals surface area contributed by atoms with Crippen molar-refractivity contribution >= 4 is 23.6 Å². The van der Waals surface area contributed by atoms with Crippen molar-refractivity contribution in [3.8, 4) is 5.75 Å². The summed E-state index contributed by atoms with van der Waals surface area (Å²) in [6.07, 6.45) is 2.84. The van der Waals surface area contributed by atoms with Crippen LogP contribution in [0.2, 0.25) is 0 Å². The van der Waals surface area contributed by atoms with Crippen LogP contribution in [0.15, 0.2) is 24.3 Å². The van der Waals surface area contributed by atoms with Crippen LogP contribution in [0.4, 0.5) is 5.69 Å². The Balaban J connectivity index is 3.01. The van der Waals surface area contributed by atoms with Crippen LogP contribution in [0.1, 0.15) is 18.9 Å². The molecule has 1 aromatic carbocycles. The first-order chi connectivity index (χ1) is 8.56. The molecular weight excluding hydrogens is 234 g/mol. The maximum Gasteiger partial charge on any atom is 0.328 e. The first-order valence-electron chi connectivity index (χ1n) is 5.45. The number of aliphatic carboxylic acids is 1. The Labute approximate surface area is 105 Å². The van der Waals surface area contributed by atoms with Gasteiger partial charge in [-0.1, -0.05) is 13.0 Å². The molecule has 0 aliphatic heterocycles. The largest absolute Gasteiger partial charge is 0.495 e. The van der Waals surface area contributed by atoms with Crippen molar-refractivity contribution in [3.63, 3.8) is 0 Å². The SMILES string of the molecule is CCC(=O)Nc1cc(C=CC(=O)O)ccc1OC. The number of carboxylic acids is 1. The minimum Gasteiger partial charge on any atom is -0.495 e. The number of carbonyl (C=O) groups is 2. The van der Waals surface area contributed by atoms with Crippen LogP contribution < -0.4 is 10.1 Å². The molecule has 0 heterocycles. The quantitative estimate of drug-likeness (QED) is 0.784. The van der Waals surface area contributed by atoms with Gasteiger partial charge in [0.25, 0.3) is 0 Å². The highest BCUT2D eigenvalue weighted by atomic mass is 16.5. The molecule has 0 spiro atoms. The number of carboxylic acid groups (broad SMARTS) is 1. The monoisotopic (exact) mass is 249 g/mol. The predicted octanol–water partition coefficient (Wildman–Crippen LogP) is 2.14. The highest BCUT2D eigenvalue weighted by Gasteiger charge is 2.06. The molecule has 5 nitrogen and oxygen atoms in total. The average molecular weight is 249 g/mol. The molecule has 0 atom stereocenters. The van der Waals surface area contributed by atoms with E-state index in [0.29, 0.717) is 23.4 Å². The maximum atomic E-state index is 11.3. The van der Waals surface area contributed by atoms with E-state index in [4.69, 9.17) is 9.84 Å². The molecule has 0 aromatic heterocycles. The normalized spacial score (nSPS) is 10.3. The van der Waals surface area contributed by atoms with Gasteiger partial charge in [-0.2, -0.15) is 0 Å². The van der Waals surface area contributed by atoms with Crippen molar-refractivity contribution in [2.75, 3.05) is 12.4 Å². The first-order valence-corrected chi connectivity index (χ1v) is 5.45. The van der Waals surface area contributed by atoms with E-state index in [2.05, 4.69) is 5.32 Å². The lowest BCUT2D eigenvalue weighted by molar-refractivity contribution is -0.131. The van der Waals surface area contributed by atoms with Gasteiger partial charge in [0.2, 0.25) is 5.91 Å². The minimum absolute atomic E-state index is 0.132. The lowest BCUT2D eigenvalue weighted by Gasteiger charge is -2.10. The fourth-order valence-corrected chi connectivity index (χ4v) is 1.33. The molecule has 1 rings (SSSR count). The van der Waals surface area contributed by atoms with Crippen molar-refractivity contribution < 1.29 is 19.4 Å². The number of ether oxygens (including phenoxy) is 1. The summed E-state index contributed by atoms with van der Waals surface area (Å²) in [6, 6.07) is 5.04. The zero-order valence-electron chi connectivity index (χ0n) is 10.3. The van der Waals surface area contributed by atoms with Gasteiger partial charge in [0.1, 0.15) is 5.75 Å². The number of benzene rings is 1. The van der Waals surface area contributed by atoms with Gasteiger partial charge < -0.3 is 15.2 Å². The number of methoxy groups -OCH3 is 1. The lowest BCUT2D eigenvalue weighted by atomic mass is 10.1. The molecule has 0 radical (unpaired) electrons. The number of hydrogen-bond acceptors (Lipinski definition) is 3. The second kappa shape index (κ2) is 6.44. The Morgan fingerprint density at radius 2 is 2.17 bits per heavy atom. The Hall–Kier alpha value is -2.30. The Morgan fingerprint density at radius 1 is 1.44 bits per heavy atom. The van der Waals surface area contributed by atoms with Gasteiger partial charge in [-0.15, -0.1) is 0 Å². The van der Waals surface area contributed by atoms with Crippen LogP contribution in [0.5, 0.6) is 5.75 Å². The molecule has 0 bridgehead atoms. The van der Waals surface area contributed by atoms with Crippen molar-refractivity contribution in [2.24, 2.45) is 0 Å². The third-order valence-corrected chi connectivity index (χ3v) is 2.24. The minimum atomic E-state index is -1.02. The number of rotatable bonds is 5. The van der Waals surface area contributed by atoms with Gasteiger partial charge in [0, 0.05) is 12.5 Å². The fourth-order valence-electron chi connectivity index (χ4n) is 1.33. The third kappa shape index (κ3) is 3.93. The maximum absolute atomic E-state index is 11.3. The molecule has 0 saturated carbocycles. The summed E-state index contributed by atoms with van der Waals surface area (Å²) in [6.45, 7) is 1.75. The van der Waals surface area contributed by atoms with E-state index in [9.17, 15) is 9.59 Å². The van der Waals surface area contributed by atoms with E-state index in [1.54, 1.807) is 25.1 Å². The molecule has 0 aliphatic carbocycles. The van der Waals surface area contributed by atoms with E-state index in [0.717, 1.165) is 6.08 Å². The molecule has 0 fully saturated rings. The molecular formula is C13H15NO4. The highest BCUT2D eigenvalue weighted by molar-refractivity contribution is 5.93. The number of nitrogens with one attached hydrogen (secondary N) is 1. The molecule has 0 aliphatic rings. The van der Waals surface area contributed by atoms with Crippen molar-refractivity contribution in [2.45, 2.75) is 13.3 Å². The van der Waals surface area contributed by atoms with Crippen LogP contribution in [-0.2, 0) is 9.59 Å². The lowest BCUT2D eigenvalue weighted by Crippen LogP contribution is -2.10. The zero-order chi connectivity index (χ0) is 13.5. The summed E-state index contributed by atoms with van der Waals surface area (Å²) in [5.41, 5.74) is 1.20. The second-order valence-electron chi connectivity index (χ2n) is 3.53. The van der Waals surface area contributed by atoms with E-state index in [1.807, 2.05) is 0 Å². The summed E-state index contributed by atoms with van der Waals surface area (Å²) >= 11 is 0. The van der Waals surface area contributed by atoms with Gasteiger partial charge in [0.05, 0.1) is 12.8 Å². The van der Waals surface area contributed by atoms with Crippen LogP contribution in [0.3, 0.4) is 0 Å². The highest BCUT2D eigenvalue weighted by Crippen LogP contribution is 2.26. The van der Waals surface area contributed by atoms with Crippen LogP contribution in [-0.4, -0.2) is 24.1 Å². The van der Waals surface area contributed by atoms with Gasteiger partial charge in [-0.3, -0.25) is 4.79 Å². The molecule has 5 heteroatoms. The van der Waals surface area contributed by atoms with Crippen LogP contribution in [0.25, 0.3) is 6.08 Å². The molecule has 18 heavy (non-hydrogen) atoms. The molecule has 1 amide bonds. The first kappa shape index (κ1) is 13.8. The molecule has 2 N–H and O–H groups in total. The van der Waals surface area contributed by atoms with Crippen LogP contribution in [0, 0.1) is 0 Å². The van der Waals surface area contributed by atoms with E-state index >= 15 is 0 Å². The smallest absolute Gasteiger partial charge is 0.328 e. The van der Waals surface area contributed by atoms with E-state index < -0.39 is 5.97 Å². The Morgan fingerprint density at radius 3 is 2.72 bits per heavy atom. The van der Waals surface area contributed by atoms with Crippen molar-refractivity contribution in [1.29, 1.82) is 0 Å². The number of amides is 1. The standard InChI is InChI=1S/C13H15NO4/c1-3-12(15)14-10-8-9(5-7-13(16)17)4-6-11(10)18-2/h4-8H,3H2,1-2H3,(H,14,15)(H,16,17). The van der Waals surface area contributed by atoms with Gasteiger partial charge in [-0.25, -0.2) is 4.79 Å². The average Bonchev–Trinajstić information content (AvgIpc) is 2.36. The molecule has 0 saturated heterocycles. The summed E-state index contributed by atoms with van der Waals surface area (Å²) in [5.74, 6) is -0.623. The Kier molecular flexibility index (Phi) is 4.92. The number of anilines is 1. The fraction of sp³-hybridized carbons (Fsp3) is 0.231. The van der Waals surface area contributed by atoms with Gasteiger partial charge in [0.15, 0.2) is 0 Å². The number of hydrogen-bond donors (Lipinski definition) is 2. The molecule has 1 aromatic rings. The van der Waals surface area contributed by atoms with E-state index in [-0.39, 0.29) is 5.91 Å². The van der Waals surface area contributed by atoms with Crippen molar-refractivity contribution in [1.82, 2.24) is 0 Å². The van der Waals surface area contributed by atoms with Crippen molar-refractivity contribution in [3.05, 3.63) is 29.8 Å². The molecule has 0 unspecified atom stereocenters. The summed E-state index contributed by atoms with van der Waals surface area (Å²) in [5, 5.41) is 11.2.